The summed E-state index contributed by atoms with van der Waals surface area (Å²) < 4.78 is 1.09. The lowest BCUT2D eigenvalue weighted by Gasteiger charge is -2.34. The van der Waals surface area contributed by atoms with Crippen LogP contribution in [0.1, 0.15) is 11.6 Å². The molecule has 0 saturated carbocycles. The lowest BCUT2D eigenvalue weighted by atomic mass is 10.0. The minimum absolute atomic E-state index is 0.436. The van der Waals surface area contributed by atoms with Crippen molar-refractivity contribution in [3.8, 4) is 0 Å². The van der Waals surface area contributed by atoms with Crippen LogP contribution in [0.5, 0.6) is 0 Å². The zero-order valence-electron chi connectivity index (χ0n) is 8.63. The third-order valence-electron chi connectivity index (χ3n) is 2.83. The molecule has 4 heteroatoms. The number of nitrogens with one attached hydrogen (secondary N) is 1. The first kappa shape index (κ1) is 11.4. The topological polar surface area (TPSA) is 15.3 Å². The molecule has 0 bridgehead atoms. The van der Waals surface area contributed by atoms with E-state index in [2.05, 4.69) is 39.3 Å². The highest BCUT2D eigenvalue weighted by molar-refractivity contribution is 9.10. The maximum Gasteiger partial charge on any atom is 0.0481 e. The smallest absolute Gasteiger partial charge is 0.0481 e. The Bertz CT molecular complexity index is 356. The van der Waals surface area contributed by atoms with Gasteiger partial charge in [0.2, 0.25) is 0 Å². The van der Waals surface area contributed by atoms with E-state index in [1.165, 1.54) is 5.56 Å². The number of piperazine rings is 1. The molecule has 2 nitrogen and oxygen atoms in total. The number of benzene rings is 1. The summed E-state index contributed by atoms with van der Waals surface area (Å²) in [7, 11) is 2.16. The first-order valence-corrected chi connectivity index (χ1v) is 6.21. The predicted molar refractivity (Wildman–Crippen MR) is 67.4 cm³/mol. The molecule has 0 aliphatic carbocycles. The Kier molecular flexibility index (Phi) is 3.67. The molecule has 15 heavy (non-hydrogen) atoms. The van der Waals surface area contributed by atoms with Crippen molar-refractivity contribution in [2.45, 2.75) is 6.04 Å². The van der Waals surface area contributed by atoms with Gasteiger partial charge in [0.15, 0.2) is 0 Å². The highest BCUT2D eigenvalue weighted by atomic mass is 79.9. The fourth-order valence-electron chi connectivity index (χ4n) is 1.93. The third-order valence-corrected chi connectivity index (χ3v) is 3.75. The fourth-order valence-corrected chi connectivity index (χ4v) is 2.87. The van der Waals surface area contributed by atoms with Crippen LogP contribution < -0.4 is 5.32 Å². The van der Waals surface area contributed by atoms with E-state index in [-0.39, 0.29) is 0 Å². The van der Waals surface area contributed by atoms with Gasteiger partial charge in [0.1, 0.15) is 0 Å². The minimum atomic E-state index is 0.436. The van der Waals surface area contributed by atoms with Crippen LogP contribution in [0, 0.1) is 0 Å². The molecule has 82 valence electrons. The Morgan fingerprint density at radius 3 is 3.00 bits per heavy atom. The number of hydrogen-bond acceptors (Lipinski definition) is 2. The van der Waals surface area contributed by atoms with Crippen molar-refractivity contribution in [1.82, 2.24) is 10.2 Å². The van der Waals surface area contributed by atoms with Crippen molar-refractivity contribution in [3.63, 3.8) is 0 Å². The number of nitrogens with zero attached hydrogens (tertiary/aromatic N) is 1. The van der Waals surface area contributed by atoms with Crippen molar-refractivity contribution < 1.29 is 0 Å². The van der Waals surface area contributed by atoms with E-state index in [0.29, 0.717) is 6.04 Å². The molecule has 0 spiro atoms. The average molecular weight is 290 g/mol. The first-order valence-electron chi connectivity index (χ1n) is 5.04. The molecule has 1 aliphatic rings. The number of likely N-dealkylation sites (N-methyl/N-ethyl adjacent to an activating group) is 1. The molecule has 1 atom stereocenters. The monoisotopic (exact) mass is 288 g/mol. The highest BCUT2D eigenvalue weighted by Gasteiger charge is 2.21. The molecule has 0 radical (unpaired) electrons. The largest absolute Gasteiger partial charge is 0.314 e. The summed E-state index contributed by atoms with van der Waals surface area (Å²) in [5.74, 6) is 0. The average Bonchev–Trinajstić information content (AvgIpc) is 2.20. The summed E-state index contributed by atoms with van der Waals surface area (Å²) in [4.78, 5) is 2.37. The van der Waals surface area contributed by atoms with Crippen LogP contribution in [-0.4, -0.2) is 31.6 Å². The summed E-state index contributed by atoms with van der Waals surface area (Å²) in [6, 6.07) is 6.44. The van der Waals surface area contributed by atoms with E-state index in [9.17, 15) is 0 Å². The van der Waals surface area contributed by atoms with Gasteiger partial charge in [-0.3, -0.25) is 4.90 Å². The quantitative estimate of drug-likeness (QED) is 0.855. The minimum Gasteiger partial charge on any atom is -0.314 e. The zero-order valence-corrected chi connectivity index (χ0v) is 11.0. The molecule has 0 aromatic heterocycles. The molecule has 0 amide bonds. The lowest BCUT2D eigenvalue weighted by Crippen LogP contribution is -2.43. The number of rotatable bonds is 1. The molecule has 1 fully saturated rings. The maximum atomic E-state index is 5.93. The lowest BCUT2D eigenvalue weighted by molar-refractivity contribution is 0.202. The van der Waals surface area contributed by atoms with Gasteiger partial charge in [-0.25, -0.2) is 0 Å². The Morgan fingerprint density at radius 1 is 1.53 bits per heavy atom. The van der Waals surface area contributed by atoms with Crippen molar-refractivity contribution in [2.75, 3.05) is 26.7 Å². The van der Waals surface area contributed by atoms with Crippen molar-refractivity contribution in [3.05, 3.63) is 33.3 Å². The van der Waals surface area contributed by atoms with Crippen LogP contribution >= 0.6 is 27.5 Å². The van der Waals surface area contributed by atoms with Gasteiger partial charge >= 0.3 is 0 Å². The van der Waals surface area contributed by atoms with Gasteiger partial charge in [0.05, 0.1) is 0 Å². The summed E-state index contributed by atoms with van der Waals surface area (Å²) in [6.07, 6.45) is 0. The molecule has 1 heterocycles. The van der Waals surface area contributed by atoms with Gasteiger partial charge in [-0.2, -0.15) is 0 Å². The van der Waals surface area contributed by atoms with Gasteiger partial charge in [0, 0.05) is 35.2 Å². The summed E-state index contributed by atoms with van der Waals surface area (Å²) in [5, 5.41) is 4.19. The molecule has 1 aliphatic heterocycles. The second-order valence-corrected chi connectivity index (χ2v) is 5.16. The molecular formula is C11H14BrClN2. The molecule has 1 aromatic rings. The van der Waals surface area contributed by atoms with E-state index >= 15 is 0 Å². The van der Waals surface area contributed by atoms with Crippen molar-refractivity contribution >= 4 is 27.5 Å². The number of halogens is 2. The molecule has 1 unspecified atom stereocenters. The van der Waals surface area contributed by atoms with Crippen LogP contribution in [0.2, 0.25) is 5.02 Å². The molecular weight excluding hydrogens is 275 g/mol. The SMILES string of the molecule is CN1CCNCC1c1ccc(Cl)cc1Br. The van der Waals surface area contributed by atoms with Crippen LogP contribution in [-0.2, 0) is 0 Å². The summed E-state index contributed by atoms with van der Waals surface area (Å²) >= 11 is 9.50. The van der Waals surface area contributed by atoms with Gasteiger partial charge < -0.3 is 5.32 Å². The van der Waals surface area contributed by atoms with Gasteiger partial charge in [-0.05, 0) is 24.7 Å². The standard InChI is InChI=1S/C11H14BrClN2/c1-15-5-4-14-7-11(15)9-3-2-8(13)6-10(9)12/h2-3,6,11,14H,4-5,7H2,1H3. The van der Waals surface area contributed by atoms with Crippen LogP contribution in [0.15, 0.2) is 22.7 Å². The maximum absolute atomic E-state index is 5.93. The summed E-state index contributed by atoms with van der Waals surface area (Å²) in [5.41, 5.74) is 1.30. The molecule has 1 aromatic carbocycles. The van der Waals surface area contributed by atoms with E-state index < -0.39 is 0 Å². The van der Waals surface area contributed by atoms with Crippen LogP contribution in [0.25, 0.3) is 0 Å². The Labute approximate surface area is 104 Å². The molecule has 2 rings (SSSR count). The molecule has 1 N–H and O–H groups in total. The van der Waals surface area contributed by atoms with Gasteiger partial charge in [-0.15, -0.1) is 0 Å². The molecule has 1 saturated heterocycles. The van der Waals surface area contributed by atoms with E-state index in [4.69, 9.17) is 11.6 Å². The first-order chi connectivity index (χ1) is 7.18. The Morgan fingerprint density at radius 2 is 2.33 bits per heavy atom. The van der Waals surface area contributed by atoms with E-state index in [0.717, 1.165) is 29.1 Å². The van der Waals surface area contributed by atoms with E-state index in [1.807, 2.05) is 12.1 Å². The zero-order chi connectivity index (χ0) is 10.8. The third kappa shape index (κ3) is 2.53. The normalized spacial score (nSPS) is 23.0. The second kappa shape index (κ2) is 4.83. The predicted octanol–water partition coefficient (Wildman–Crippen LogP) is 2.68. The Hall–Kier alpha value is -0.0900. The fraction of sp³-hybridized carbons (Fsp3) is 0.455. The van der Waals surface area contributed by atoms with Gasteiger partial charge in [0.25, 0.3) is 0 Å². The second-order valence-electron chi connectivity index (χ2n) is 3.87. The Balaban J connectivity index is 2.27. The highest BCUT2D eigenvalue weighted by Crippen LogP contribution is 2.30. The number of hydrogen-bond donors (Lipinski definition) is 1. The van der Waals surface area contributed by atoms with Gasteiger partial charge in [-0.1, -0.05) is 33.6 Å². The van der Waals surface area contributed by atoms with Crippen molar-refractivity contribution in [2.24, 2.45) is 0 Å². The van der Waals surface area contributed by atoms with Crippen molar-refractivity contribution in [1.29, 1.82) is 0 Å². The summed E-state index contributed by atoms with van der Waals surface area (Å²) in [6.45, 7) is 3.15. The van der Waals surface area contributed by atoms with Crippen LogP contribution in [0.4, 0.5) is 0 Å². The van der Waals surface area contributed by atoms with E-state index in [1.54, 1.807) is 0 Å². The van der Waals surface area contributed by atoms with Crippen LogP contribution in [0.3, 0.4) is 0 Å².